The van der Waals surface area contributed by atoms with E-state index in [0.717, 1.165) is 0 Å². The summed E-state index contributed by atoms with van der Waals surface area (Å²) in [5, 5.41) is 9.05. The second-order valence-corrected chi connectivity index (χ2v) is 4.09. The number of carboxylic acids is 1. The van der Waals surface area contributed by atoms with Crippen LogP contribution in [-0.2, 0) is 4.74 Å². The fourth-order valence-electron chi connectivity index (χ4n) is 1.55. The van der Waals surface area contributed by atoms with Crippen LogP contribution < -0.4 is 4.74 Å². The van der Waals surface area contributed by atoms with Crippen LogP contribution in [0.1, 0.15) is 26.3 Å². The number of carbonyl (C=O) groups is 2. The van der Waals surface area contributed by atoms with E-state index in [0.29, 0.717) is 10.0 Å². The summed E-state index contributed by atoms with van der Waals surface area (Å²) in [6, 6.07) is 1.38. The summed E-state index contributed by atoms with van der Waals surface area (Å²) in [6.07, 6.45) is 0. The number of aromatic carboxylic acids is 1. The minimum atomic E-state index is -1.09. The first kappa shape index (κ1) is 13.5. The molecule has 0 heterocycles. The fourth-order valence-corrected chi connectivity index (χ4v) is 2.24. The Balaban J connectivity index is 3.57. The lowest BCUT2D eigenvalue weighted by atomic mass is 10.0. The van der Waals surface area contributed by atoms with Gasteiger partial charge >= 0.3 is 11.9 Å². The van der Waals surface area contributed by atoms with Crippen molar-refractivity contribution in [2.75, 3.05) is 14.2 Å². The third-order valence-corrected chi connectivity index (χ3v) is 2.92. The number of carboxylic acid groups (broad SMARTS) is 1. The topological polar surface area (TPSA) is 72.8 Å². The molecule has 0 aliphatic carbocycles. The number of ether oxygens (including phenoxy) is 2. The number of benzene rings is 1. The molecule has 0 aliphatic rings. The number of hydrogen-bond donors (Lipinski definition) is 1. The lowest BCUT2D eigenvalue weighted by Crippen LogP contribution is -2.10. The Labute approximate surface area is 106 Å². The van der Waals surface area contributed by atoms with Crippen LogP contribution in [0.15, 0.2) is 10.5 Å². The van der Waals surface area contributed by atoms with E-state index in [9.17, 15) is 9.59 Å². The van der Waals surface area contributed by atoms with Gasteiger partial charge < -0.3 is 14.6 Å². The molecule has 1 rings (SSSR count). The first-order valence-corrected chi connectivity index (χ1v) is 5.42. The minimum absolute atomic E-state index is 0.0644. The van der Waals surface area contributed by atoms with Gasteiger partial charge in [-0.15, -0.1) is 0 Å². The van der Waals surface area contributed by atoms with Gasteiger partial charge in [-0.3, -0.25) is 0 Å². The lowest BCUT2D eigenvalue weighted by Gasteiger charge is -2.13. The number of halogens is 1. The Bertz CT molecular complexity index is 481. The van der Waals surface area contributed by atoms with Gasteiger partial charge in [-0.25, -0.2) is 9.59 Å². The van der Waals surface area contributed by atoms with Crippen molar-refractivity contribution < 1.29 is 24.2 Å². The first-order valence-electron chi connectivity index (χ1n) is 4.62. The molecule has 92 valence electrons. The maximum absolute atomic E-state index is 11.5. The van der Waals surface area contributed by atoms with Crippen molar-refractivity contribution in [3.63, 3.8) is 0 Å². The van der Waals surface area contributed by atoms with Gasteiger partial charge in [-0.2, -0.15) is 0 Å². The highest BCUT2D eigenvalue weighted by atomic mass is 79.9. The standard InChI is InChI=1S/C11H11BrO5/c1-5-8(10(13)14)7(12)4-6(9(5)16-2)11(15)17-3/h4H,1-3H3,(H,13,14). The van der Waals surface area contributed by atoms with Crippen LogP contribution in [-0.4, -0.2) is 31.3 Å². The highest BCUT2D eigenvalue weighted by Crippen LogP contribution is 2.32. The number of hydrogen-bond acceptors (Lipinski definition) is 4. The molecule has 0 atom stereocenters. The molecule has 1 aromatic rings. The maximum atomic E-state index is 11.5. The predicted molar refractivity (Wildman–Crippen MR) is 63.7 cm³/mol. The van der Waals surface area contributed by atoms with Gasteiger partial charge in [0.25, 0.3) is 0 Å². The zero-order valence-electron chi connectivity index (χ0n) is 9.54. The van der Waals surface area contributed by atoms with Crippen LogP contribution in [0.5, 0.6) is 5.75 Å². The SMILES string of the molecule is COC(=O)c1cc(Br)c(C(=O)O)c(C)c1OC. The summed E-state index contributed by atoms with van der Waals surface area (Å²) in [7, 11) is 2.62. The average molecular weight is 303 g/mol. The van der Waals surface area contributed by atoms with E-state index in [1.54, 1.807) is 6.92 Å². The quantitative estimate of drug-likeness (QED) is 0.867. The lowest BCUT2D eigenvalue weighted by molar-refractivity contribution is 0.0594. The highest BCUT2D eigenvalue weighted by Gasteiger charge is 2.23. The second-order valence-electron chi connectivity index (χ2n) is 3.24. The summed E-state index contributed by atoms with van der Waals surface area (Å²) < 4.78 is 9.97. The molecular weight excluding hydrogens is 292 g/mol. The van der Waals surface area contributed by atoms with Crippen molar-refractivity contribution in [1.82, 2.24) is 0 Å². The molecule has 0 saturated carbocycles. The third-order valence-electron chi connectivity index (χ3n) is 2.29. The van der Waals surface area contributed by atoms with Crippen molar-refractivity contribution in [1.29, 1.82) is 0 Å². The number of methoxy groups -OCH3 is 2. The van der Waals surface area contributed by atoms with E-state index >= 15 is 0 Å². The molecule has 0 unspecified atom stereocenters. The Kier molecular flexibility index (Phi) is 4.11. The smallest absolute Gasteiger partial charge is 0.341 e. The van der Waals surface area contributed by atoms with Gasteiger partial charge in [0.1, 0.15) is 11.3 Å². The zero-order chi connectivity index (χ0) is 13.2. The number of carbonyl (C=O) groups excluding carboxylic acids is 1. The summed E-state index contributed by atoms with van der Waals surface area (Å²) in [4.78, 5) is 22.6. The molecule has 0 spiro atoms. The molecule has 1 aromatic carbocycles. The number of rotatable bonds is 3. The average Bonchev–Trinajstić information content (AvgIpc) is 2.26. The normalized spacial score (nSPS) is 9.88. The van der Waals surface area contributed by atoms with Gasteiger partial charge in [0.2, 0.25) is 0 Å². The van der Waals surface area contributed by atoms with E-state index in [4.69, 9.17) is 9.84 Å². The first-order chi connectivity index (χ1) is 7.93. The van der Waals surface area contributed by atoms with Gasteiger partial charge in [0.05, 0.1) is 19.8 Å². The number of esters is 1. The highest BCUT2D eigenvalue weighted by molar-refractivity contribution is 9.10. The third kappa shape index (κ3) is 2.41. The molecule has 0 aromatic heterocycles. The van der Waals surface area contributed by atoms with Crippen LogP contribution >= 0.6 is 15.9 Å². The van der Waals surface area contributed by atoms with Crippen LogP contribution in [0, 0.1) is 6.92 Å². The van der Waals surface area contributed by atoms with Gasteiger partial charge in [-0.05, 0) is 28.9 Å². The van der Waals surface area contributed by atoms with E-state index in [2.05, 4.69) is 20.7 Å². The minimum Gasteiger partial charge on any atom is -0.496 e. The molecule has 0 bridgehead atoms. The van der Waals surface area contributed by atoms with Crippen LogP contribution in [0.4, 0.5) is 0 Å². The Morgan fingerprint density at radius 1 is 1.35 bits per heavy atom. The van der Waals surface area contributed by atoms with E-state index in [-0.39, 0.29) is 16.9 Å². The van der Waals surface area contributed by atoms with Crippen molar-refractivity contribution in [2.45, 2.75) is 6.92 Å². The molecule has 0 aliphatic heterocycles. The predicted octanol–water partition coefficient (Wildman–Crippen LogP) is 2.25. The van der Waals surface area contributed by atoms with E-state index < -0.39 is 11.9 Å². The van der Waals surface area contributed by atoms with E-state index in [1.807, 2.05) is 0 Å². The van der Waals surface area contributed by atoms with Crippen LogP contribution in [0.2, 0.25) is 0 Å². The molecule has 0 amide bonds. The summed E-state index contributed by atoms with van der Waals surface area (Å²) in [6.45, 7) is 1.57. The second kappa shape index (κ2) is 5.18. The summed E-state index contributed by atoms with van der Waals surface area (Å²) in [5.74, 6) is -1.47. The van der Waals surface area contributed by atoms with Crippen molar-refractivity contribution in [3.05, 3.63) is 27.2 Å². The zero-order valence-corrected chi connectivity index (χ0v) is 11.1. The van der Waals surface area contributed by atoms with Crippen molar-refractivity contribution in [3.8, 4) is 5.75 Å². The van der Waals surface area contributed by atoms with Crippen molar-refractivity contribution in [2.24, 2.45) is 0 Å². The molecule has 0 saturated heterocycles. The van der Waals surface area contributed by atoms with Gasteiger partial charge in [0, 0.05) is 10.0 Å². The van der Waals surface area contributed by atoms with Gasteiger partial charge in [-0.1, -0.05) is 0 Å². The molecule has 0 radical (unpaired) electrons. The van der Waals surface area contributed by atoms with Crippen LogP contribution in [0.3, 0.4) is 0 Å². The molecule has 17 heavy (non-hydrogen) atoms. The van der Waals surface area contributed by atoms with Crippen LogP contribution in [0.25, 0.3) is 0 Å². The molecular formula is C11H11BrO5. The van der Waals surface area contributed by atoms with Crippen molar-refractivity contribution >= 4 is 27.9 Å². The Hall–Kier alpha value is -1.56. The molecule has 5 nitrogen and oxygen atoms in total. The Morgan fingerprint density at radius 3 is 2.35 bits per heavy atom. The Morgan fingerprint density at radius 2 is 1.94 bits per heavy atom. The molecule has 1 N–H and O–H groups in total. The maximum Gasteiger partial charge on any atom is 0.341 e. The van der Waals surface area contributed by atoms with E-state index in [1.165, 1.54) is 20.3 Å². The largest absolute Gasteiger partial charge is 0.496 e. The molecule has 0 fully saturated rings. The molecule has 6 heteroatoms. The monoisotopic (exact) mass is 302 g/mol. The fraction of sp³-hybridized carbons (Fsp3) is 0.273. The summed E-state index contributed by atoms with van der Waals surface area (Å²) >= 11 is 3.12. The summed E-state index contributed by atoms with van der Waals surface area (Å²) in [5.41, 5.74) is 0.619. The van der Waals surface area contributed by atoms with Gasteiger partial charge in [0.15, 0.2) is 0 Å².